The molecule has 0 atom stereocenters. The zero-order valence-corrected chi connectivity index (χ0v) is 34.8. The fourth-order valence-electron chi connectivity index (χ4n) is 7.98. The Balaban J connectivity index is 0.937. The summed E-state index contributed by atoms with van der Waals surface area (Å²) in [5, 5.41) is 40.7. The number of anilines is 2. The maximum absolute atomic E-state index is 11.0. The van der Waals surface area contributed by atoms with Gasteiger partial charge in [0.15, 0.2) is 0 Å². The van der Waals surface area contributed by atoms with E-state index in [1.807, 2.05) is 52.0 Å². The Morgan fingerprint density at radius 3 is 1.21 bits per heavy atom. The zero-order valence-electron chi connectivity index (χ0n) is 34.8. The fourth-order valence-corrected chi connectivity index (χ4v) is 7.98. The molecule has 0 radical (unpaired) electrons. The molecule has 14 nitrogen and oxygen atoms in total. The number of ether oxygens (including phenoxy) is 2. The summed E-state index contributed by atoms with van der Waals surface area (Å²) >= 11 is 0. The predicted molar refractivity (Wildman–Crippen MR) is 235 cm³/mol. The summed E-state index contributed by atoms with van der Waals surface area (Å²) in [7, 11) is 0. The predicted octanol–water partition coefficient (Wildman–Crippen LogP) is 12.6. The average Bonchev–Trinajstić information content (AvgIpc) is 3.22. The molecule has 6 aromatic rings. The van der Waals surface area contributed by atoms with Gasteiger partial charge in [-0.1, -0.05) is 12.1 Å². The number of nitrogens with zero attached hydrogens (tertiary/aromatic N) is 8. The number of nitro benzene ring substituents is 2. The van der Waals surface area contributed by atoms with Crippen LogP contribution < -0.4 is 19.3 Å². The summed E-state index contributed by atoms with van der Waals surface area (Å²) < 4.78 is 12.2. The largest absolute Gasteiger partial charge is 0.488 e. The molecule has 0 aromatic heterocycles. The Morgan fingerprint density at radius 2 is 0.869 bits per heavy atom. The number of fused-ring (bicyclic) bond motifs is 6. The van der Waals surface area contributed by atoms with Crippen LogP contribution in [-0.4, -0.2) is 16.5 Å². The summed E-state index contributed by atoms with van der Waals surface area (Å²) in [5.41, 5.74) is 15.4. The van der Waals surface area contributed by atoms with Crippen molar-refractivity contribution in [3.63, 3.8) is 0 Å². The third-order valence-electron chi connectivity index (χ3n) is 11.0. The topological polar surface area (TPSA) is 161 Å². The second-order valence-electron chi connectivity index (χ2n) is 15.7. The van der Waals surface area contributed by atoms with E-state index in [1.165, 1.54) is 35.4 Å². The molecule has 0 saturated heterocycles. The molecule has 2 heterocycles. The molecule has 0 N–H and O–H groups in total. The van der Waals surface area contributed by atoms with Crippen LogP contribution in [0.15, 0.2) is 118 Å². The van der Waals surface area contributed by atoms with E-state index in [2.05, 4.69) is 58.1 Å². The van der Waals surface area contributed by atoms with Gasteiger partial charge in [0.25, 0.3) is 11.4 Å². The molecule has 0 saturated carbocycles. The Bertz CT molecular complexity index is 2530. The molecule has 8 rings (SSSR count). The van der Waals surface area contributed by atoms with Crippen molar-refractivity contribution in [2.45, 2.75) is 67.8 Å². The van der Waals surface area contributed by atoms with E-state index >= 15 is 0 Å². The van der Waals surface area contributed by atoms with Crippen LogP contribution in [0.1, 0.15) is 55.6 Å². The first-order chi connectivity index (χ1) is 29.3. The van der Waals surface area contributed by atoms with Crippen molar-refractivity contribution in [2.24, 2.45) is 20.5 Å². The Hall–Kier alpha value is -7.48. The molecular formula is C47H44N8O6. The van der Waals surface area contributed by atoms with E-state index in [1.54, 1.807) is 24.3 Å². The highest BCUT2D eigenvalue weighted by Gasteiger charge is 2.31. The van der Waals surface area contributed by atoms with Gasteiger partial charge in [-0.3, -0.25) is 20.2 Å². The third kappa shape index (κ3) is 8.65. The van der Waals surface area contributed by atoms with Crippen molar-refractivity contribution in [3.05, 3.63) is 173 Å². The number of benzene rings is 6. The molecule has 61 heavy (non-hydrogen) atoms. The van der Waals surface area contributed by atoms with Gasteiger partial charge >= 0.3 is 0 Å². The van der Waals surface area contributed by atoms with Gasteiger partial charge in [-0.25, -0.2) is 0 Å². The number of non-ortho nitro benzene ring substituents is 2. The van der Waals surface area contributed by atoms with Crippen molar-refractivity contribution in [2.75, 3.05) is 16.5 Å². The quantitative estimate of drug-likeness (QED) is 0.0670. The summed E-state index contributed by atoms with van der Waals surface area (Å²) in [5.74, 6) is 1.51. The van der Waals surface area contributed by atoms with Gasteiger partial charge in [-0.15, -0.1) is 0 Å². The average molecular weight is 817 g/mol. The van der Waals surface area contributed by atoms with E-state index in [0.29, 0.717) is 13.2 Å². The van der Waals surface area contributed by atoms with Crippen molar-refractivity contribution in [3.8, 4) is 11.5 Å². The molecule has 2 aliphatic rings. The Morgan fingerprint density at radius 1 is 0.508 bits per heavy atom. The monoisotopic (exact) mass is 816 g/mol. The summed E-state index contributed by atoms with van der Waals surface area (Å²) in [6, 6.07) is 29.2. The normalized spacial score (nSPS) is 13.1. The lowest BCUT2D eigenvalue weighted by Crippen LogP contribution is -2.46. The van der Waals surface area contributed by atoms with Crippen LogP contribution in [0.3, 0.4) is 0 Å². The van der Waals surface area contributed by atoms with Crippen LogP contribution in [-0.2, 0) is 26.3 Å². The zero-order chi connectivity index (χ0) is 42.9. The smallest absolute Gasteiger partial charge is 0.269 e. The lowest BCUT2D eigenvalue weighted by Gasteiger charge is -2.45. The number of hydrogen-bond donors (Lipinski definition) is 0. The van der Waals surface area contributed by atoms with Gasteiger partial charge in [-0.2, -0.15) is 20.5 Å². The molecule has 2 aliphatic heterocycles. The molecule has 0 fully saturated rings. The highest BCUT2D eigenvalue weighted by Crippen LogP contribution is 2.43. The SMILES string of the molecule is Cc1cc2c(cc1N=Nc1cc(C)c(OCc3ccc([N+](=O)[O-])cc3)c(C)c1)N1Cc3cc(C)c(N=Nc4cc(C)c(OCc5ccc([N+](=O)[O-])cc5)c(C)c4)cc3N(C2)C1. The van der Waals surface area contributed by atoms with Crippen molar-refractivity contribution in [1.82, 2.24) is 0 Å². The minimum Gasteiger partial charge on any atom is -0.488 e. The highest BCUT2D eigenvalue weighted by molar-refractivity contribution is 5.74. The summed E-state index contributed by atoms with van der Waals surface area (Å²) in [6.07, 6.45) is 0. The molecule has 0 spiro atoms. The first kappa shape index (κ1) is 40.3. The number of nitro groups is 2. The van der Waals surface area contributed by atoms with E-state index < -0.39 is 9.85 Å². The number of aryl methyl sites for hydroxylation is 6. The van der Waals surface area contributed by atoms with Crippen molar-refractivity contribution in [1.29, 1.82) is 0 Å². The molecule has 6 aromatic carbocycles. The second-order valence-corrected chi connectivity index (χ2v) is 15.7. The van der Waals surface area contributed by atoms with Crippen molar-refractivity contribution < 1.29 is 19.3 Å². The Kier molecular flexibility index (Phi) is 11.0. The Labute approximate surface area is 353 Å². The molecule has 0 aliphatic carbocycles. The van der Waals surface area contributed by atoms with Gasteiger partial charge in [-0.05, 0) is 158 Å². The maximum Gasteiger partial charge on any atom is 0.269 e. The van der Waals surface area contributed by atoms with Crippen molar-refractivity contribution >= 4 is 45.5 Å². The third-order valence-corrected chi connectivity index (χ3v) is 11.0. The second kappa shape index (κ2) is 16.6. The maximum atomic E-state index is 11.0. The molecule has 0 amide bonds. The van der Waals surface area contributed by atoms with Crippen LogP contribution >= 0.6 is 0 Å². The summed E-state index contributed by atoms with van der Waals surface area (Å²) in [6.45, 7) is 14.8. The minimum atomic E-state index is -0.413. The number of hydrogen-bond acceptors (Lipinski definition) is 12. The first-order valence-corrected chi connectivity index (χ1v) is 19.8. The van der Waals surface area contributed by atoms with Gasteiger partial charge in [0.2, 0.25) is 0 Å². The standard InChI is InChI=1S/C47H44N8O6/c1-28-15-36-23-52-27-53(44(36)21-42(28)50-48-38-17-30(3)46(31(4)18-38)60-25-34-7-11-40(12-8-34)54(56)57)24-37-16-29(2)43(22-45(37)52)51-49-39-19-32(5)47(33(6)20-39)61-26-35-9-13-41(14-10-35)55(58)59/h7-22H,23-27H2,1-6H3. The van der Waals surface area contributed by atoms with Gasteiger partial charge in [0, 0.05) is 48.7 Å². The molecule has 2 bridgehead atoms. The number of azo groups is 2. The first-order valence-electron chi connectivity index (χ1n) is 19.8. The van der Waals surface area contributed by atoms with Crippen LogP contribution in [0.4, 0.5) is 45.5 Å². The van der Waals surface area contributed by atoms with E-state index in [0.717, 1.165) is 110 Å². The van der Waals surface area contributed by atoms with E-state index in [-0.39, 0.29) is 11.4 Å². The van der Waals surface area contributed by atoms with Crippen LogP contribution in [0.5, 0.6) is 11.5 Å². The van der Waals surface area contributed by atoms with Crippen LogP contribution in [0, 0.1) is 61.8 Å². The lowest BCUT2D eigenvalue weighted by atomic mass is 9.98. The molecular weight excluding hydrogens is 773 g/mol. The van der Waals surface area contributed by atoms with Gasteiger partial charge in [0.05, 0.1) is 39.3 Å². The van der Waals surface area contributed by atoms with Crippen LogP contribution in [0.25, 0.3) is 0 Å². The van der Waals surface area contributed by atoms with E-state index in [4.69, 9.17) is 19.7 Å². The molecule has 308 valence electrons. The number of rotatable bonds is 12. The molecule has 14 heteroatoms. The summed E-state index contributed by atoms with van der Waals surface area (Å²) in [4.78, 5) is 25.9. The highest BCUT2D eigenvalue weighted by atomic mass is 16.6. The van der Waals surface area contributed by atoms with Gasteiger partial charge in [0.1, 0.15) is 24.7 Å². The van der Waals surface area contributed by atoms with E-state index in [9.17, 15) is 20.2 Å². The minimum absolute atomic E-state index is 0.0489. The molecule has 0 unspecified atom stereocenters. The lowest BCUT2D eigenvalue weighted by molar-refractivity contribution is -0.385. The van der Waals surface area contributed by atoms with Crippen LogP contribution in [0.2, 0.25) is 0 Å². The fraction of sp³-hybridized carbons (Fsp3) is 0.234. The van der Waals surface area contributed by atoms with Gasteiger partial charge < -0.3 is 19.3 Å².